The highest BCUT2D eigenvalue weighted by Crippen LogP contribution is 2.36. The first-order valence-corrected chi connectivity index (χ1v) is 6.64. The second kappa shape index (κ2) is 4.84. The fourth-order valence-electron chi connectivity index (χ4n) is 3.33. The first kappa shape index (κ1) is 13.3. The summed E-state index contributed by atoms with van der Waals surface area (Å²) < 4.78 is 11.2. The fraction of sp³-hybridized carbons (Fsp3) is 1.00. The van der Waals surface area contributed by atoms with E-state index in [2.05, 4.69) is 25.7 Å². The highest BCUT2D eigenvalue weighted by Gasteiger charge is 2.47. The van der Waals surface area contributed by atoms with Crippen molar-refractivity contribution in [2.45, 2.75) is 38.3 Å². The third kappa shape index (κ3) is 2.36. The molecule has 0 aromatic rings. The van der Waals surface area contributed by atoms with Gasteiger partial charge in [0.05, 0.1) is 19.8 Å². The SMILES string of the molecule is CC1(C)COCCN1C(C)(CN)C1CCOC1. The van der Waals surface area contributed by atoms with E-state index in [9.17, 15) is 0 Å². The predicted molar refractivity (Wildman–Crippen MR) is 68.0 cm³/mol. The quantitative estimate of drug-likeness (QED) is 0.797. The molecule has 4 nitrogen and oxygen atoms in total. The standard InChI is InChI=1S/C13H26N2O2/c1-12(2)10-17-7-5-15(12)13(3,9-14)11-4-6-16-8-11/h11H,4-10,14H2,1-3H3. The molecule has 2 aliphatic heterocycles. The van der Waals surface area contributed by atoms with Gasteiger partial charge >= 0.3 is 0 Å². The van der Waals surface area contributed by atoms with Crippen molar-refractivity contribution in [2.24, 2.45) is 11.7 Å². The number of rotatable bonds is 3. The molecule has 0 spiro atoms. The van der Waals surface area contributed by atoms with Crippen molar-refractivity contribution in [1.29, 1.82) is 0 Å². The van der Waals surface area contributed by atoms with Gasteiger partial charge in [-0.1, -0.05) is 0 Å². The van der Waals surface area contributed by atoms with Crippen molar-refractivity contribution in [3.05, 3.63) is 0 Å². The van der Waals surface area contributed by atoms with Crippen LogP contribution in [0.2, 0.25) is 0 Å². The van der Waals surface area contributed by atoms with Crippen LogP contribution in [0, 0.1) is 5.92 Å². The van der Waals surface area contributed by atoms with Crippen molar-refractivity contribution in [3.63, 3.8) is 0 Å². The number of ether oxygens (including phenoxy) is 2. The molecule has 0 saturated carbocycles. The van der Waals surface area contributed by atoms with E-state index < -0.39 is 0 Å². The maximum Gasteiger partial charge on any atom is 0.0645 e. The third-order valence-electron chi connectivity index (χ3n) is 4.48. The van der Waals surface area contributed by atoms with E-state index in [1.807, 2.05) is 0 Å². The van der Waals surface area contributed by atoms with Gasteiger partial charge in [0.1, 0.15) is 0 Å². The number of nitrogens with zero attached hydrogens (tertiary/aromatic N) is 1. The van der Waals surface area contributed by atoms with Crippen LogP contribution in [0.15, 0.2) is 0 Å². The molecule has 4 heteroatoms. The van der Waals surface area contributed by atoms with Crippen LogP contribution < -0.4 is 5.73 Å². The summed E-state index contributed by atoms with van der Waals surface area (Å²) in [5.74, 6) is 0.546. The molecule has 2 atom stereocenters. The van der Waals surface area contributed by atoms with Crippen LogP contribution in [-0.4, -0.2) is 55.5 Å². The molecular weight excluding hydrogens is 216 g/mol. The Morgan fingerprint density at radius 3 is 2.65 bits per heavy atom. The van der Waals surface area contributed by atoms with E-state index in [0.717, 1.165) is 39.4 Å². The molecule has 2 unspecified atom stereocenters. The lowest BCUT2D eigenvalue weighted by atomic mass is 9.80. The summed E-state index contributed by atoms with van der Waals surface area (Å²) in [6.45, 7) is 11.8. The molecule has 2 saturated heterocycles. The molecule has 2 aliphatic rings. The Bertz CT molecular complexity index is 264. The smallest absolute Gasteiger partial charge is 0.0645 e. The highest BCUT2D eigenvalue weighted by atomic mass is 16.5. The minimum absolute atomic E-state index is 0.0315. The topological polar surface area (TPSA) is 47.7 Å². The van der Waals surface area contributed by atoms with Gasteiger partial charge in [-0.15, -0.1) is 0 Å². The normalized spacial score (nSPS) is 33.5. The van der Waals surface area contributed by atoms with Crippen molar-refractivity contribution < 1.29 is 9.47 Å². The van der Waals surface area contributed by atoms with Crippen molar-refractivity contribution in [3.8, 4) is 0 Å². The van der Waals surface area contributed by atoms with Gasteiger partial charge < -0.3 is 15.2 Å². The first-order valence-electron chi connectivity index (χ1n) is 6.64. The lowest BCUT2D eigenvalue weighted by Crippen LogP contribution is -2.67. The summed E-state index contributed by atoms with van der Waals surface area (Å²) in [5.41, 5.74) is 6.20. The van der Waals surface area contributed by atoms with Gasteiger partial charge in [-0.3, -0.25) is 4.90 Å². The summed E-state index contributed by atoms with van der Waals surface area (Å²) in [4.78, 5) is 2.54. The molecule has 2 fully saturated rings. The minimum Gasteiger partial charge on any atom is -0.381 e. The Hall–Kier alpha value is -0.160. The third-order valence-corrected chi connectivity index (χ3v) is 4.48. The maximum atomic E-state index is 6.10. The van der Waals surface area contributed by atoms with Crippen LogP contribution in [0.25, 0.3) is 0 Å². The van der Waals surface area contributed by atoms with Crippen LogP contribution in [0.5, 0.6) is 0 Å². The lowest BCUT2D eigenvalue weighted by Gasteiger charge is -2.54. The molecule has 2 rings (SSSR count). The van der Waals surface area contributed by atoms with Gasteiger partial charge in [-0.05, 0) is 27.2 Å². The van der Waals surface area contributed by atoms with E-state index >= 15 is 0 Å². The fourth-order valence-corrected chi connectivity index (χ4v) is 3.33. The molecule has 0 aliphatic carbocycles. The molecule has 100 valence electrons. The van der Waals surface area contributed by atoms with E-state index in [1.54, 1.807) is 0 Å². The van der Waals surface area contributed by atoms with Gasteiger partial charge in [-0.2, -0.15) is 0 Å². The molecule has 2 N–H and O–H groups in total. The van der Waals surface area contributed by atoms with Crippen molar-refractivity contribution in [1.82, 2.24) is 4.90 Å². The highest BCUT2D eigenvalue weighted by molar-refractivity contribution is 5.02. The van der Waals surface area contributed by atoms with Gasteiger partial charge in [0, 0.05) is 36.7 Å². The van der Waals surface area contributed by atoms with Crippen LogP contribution in [0.4, 0.5) is 0 Å². The minimum atomic E-state index is 0.0315. The van der Waals surface area contributed by atoms with Gasteiger partial charge in [0.25, 0.3) is 0 Å². The van der Waals surface area contributed by atoms with Crippen LogP contribution in [0.1, 0.15) is 27.2 Å². The largest absolute Gasteiger partial charge is 0.381 e. The summed E-state index contributed by atoms with van der Waals surface area (Å²) in [6, 6.07) is 0. The van der Waals surface area contributed by atoms with Gasteiger partial charge in [-0.25, -0.2) is 0 Å². The maximum absolute atomic E-state index is 6.10. The number of hydrogen-bond donors (Lipinski definition) is 1. The van der Waals surface area contributed by atoms with Crippen molar-refractivity contribution >= 4 is 0 Å². The van der Waals surface area contributed by atoms with E-state index in [-0.39, 0.29) is 11.1 Å². The number of morpholine rings is 1. The van der Waals surface area contributed by atoms with Crippen molar-refractivity contribution in [2.75, 3.05) is 39.5 Å². The molecule has 2 heterocycles. The lowest BCUT2D eigenvalue weighted by molar-refractivity contribution is -0.115. The monoisotopic (exact) mass is 242 g/mol. The zero-order valence-corrected chi connectivity index (χ0v) is 11.4. The number of hydrogen-bond acceptors (Lipinski definition) is 4. The van der Waals surface area contributed by atoms with Crippen LogP contribution >= 0.6 is 0 Å². The molecule has 0 aromatic carbocycles. The van der Waals surface area contributed by atoms with E-state index in [4.69, 9.17) is 15.2 Å². The van der Waals surface area contributed by atoms with Gasteiger partial charge in [0.2, 0.25) is 0 Å². The van der Waals surface area contributed by atoms with Crippen LogP contribution in [0.3, 0.4) is 0 Å². The average Bonchev–Trinajstić information content (AvgIpc) is 2.81. The van der Waals surface area contributed by atoms with Gasteiger partial charge in [0.15, 0.2) is 0 Å². The molecule has 0 radical (unpaired) electrons. The summed E-state index contributed by atoms with van der Waals surface area (Å²) in [7, 11) is 0. The Morgan fingerprint density at radius 2 is 2.12 bits per heavy atom. The Balaban J connectivity index is 2.20. The zero-order chi connectivity index (χ0) is 12.5. The molecule has 17 heavy (non-hydrogen) atoms. The Kier molecular flexibility index (Phi) is 3.78. The predicted octanol–water partition coefficient (Wildman–Crippen LogP) is 0.851. The molecular formula is C13H26N2O2. The zero-order valence-electron chi connectivity index (χ0n) is 11.4. The van der Waals surface area contributed by atoms with E-state index in [0.29, 0.717) is 12.5 Å². The Morgan fingerprint density at radius 1 is 1.35 bits per heavy atom. The molecule has 0 aromatic heterocycles. The van der Waals surface area contributed by atoms with E-state index in [1.165, 1.54) is 0 Å². The second-order valence-electron chi connectivity index (χ2n) is 6.14. The molecule has 0 amide bonds. The number of nitrogens with two attached hydrogens (primary N) is 1. The summed E-state index contributed by atoms with van der Waals surface area (Å²) in [6.07, 6.45) is 1.13. The first-order chi connectivity index (χ1) is 8.00. The second-order valence-corrected chi connectivity index (χ2v) is 6.14. The Labute approximate surface area is 104 Å². The summed E-state index contributed by atoms with van der Waals surface area (Å²) >= 11 is 0. The summed E-state index contributed by atoms with van der Waals surface area (Å²) in [5, 5.41) is 0. The molecule has 0 bridgehead atoms. The average molecular weight is 242 g/mol. The van der Waals surface area contributed by atoms with Crippen LogP contribution in [-0.2, 0) is 9.47 Å².